The number of ether oxygens (including phenoxy) is 2. The lowest BCUT2D eigenvalue weighted by Gasteiger charge is -2.28. The first kappa shape index (κ1) is 26.7. The molecule has 1 aromatic carbocycles. The summed E-state index contributed by atoms with van der Waals surface area (Å²) in [6.07, 6.45) is 3.48. The summed E-state index contributed by atoms with van der Waals surface area (Å²) in [5.74, 6) is -0.502. The largest absolute Gasteiger partial charge is 0.443 e. The van der Waals surface area contributed by atoms with E-state index in [0.29, 0.717) is 63.7 Å². The molecule has 0 unspecified atom stereocenters. The van der Waals surface area contributed by atoms with Gasteiger partial charge in [0.1, 0.15) is 25.6 Å². The molecule has 202 valence electrons. The lowest BCUT2D eigenvalue weighted by molar-refractivity contribution is -0.143. The van der Waals surface area contributed by atoms with Crippen molar-refractivity contribution in [3.05, 3.63) is 42.0 Å². The maximum Gasteiger partial charge on any atom is 0.437 e. The highest BCUT2D eigenvalue weighted by atomic mass is 19.1. The highest BCUT2D eigenvalue weighted by Crippen LogP contribution is 2.26. The van der Waals surface area contributed by atoms with Crippen LogP contribution in [0.2, 0.25) is 0 Å². The number of oxime groups is 1. The molecule has 0 radical (unpaired) electrons. The Kier molecular flexibility index (Phi) is 8.98. The van der Waals surface area contributed by atoms with Crippen LogP contribution in [0.15, 0.2) is 40.7 Å². The highest BCUT2D eigenvalue weighted by molar-refractivity contribution is 5.88. The van der Waals surface area contributed by atoms with Crippen molar-refractivity contribution >= 4 is 29.6 Å². The second-order valence-electron chi connectivity index (χ2n) is 8.55. The van der Waals surface area contributed by atoms with Gasteiger partial charge in [-0.1, -0.05) is 23.4 Å². The third-order valence-electron chi connectivity index (χ3n) is 5.95. The first-order valence-electron chi connectivity index (χ1n) is 12.0. The molecule has 2 aliphatic heterocycles. The van der Waals surface area contributed by atoms with E-state index in [1.165, 1.54) is 6.07 Å². The zero-order valence-electron chi connectivity index (χ0n) is 20.7. The summed E-state index contributed by atoms with van der Waals surface area (Å²) in [4.78, 5) is 44.4. The standard InChI is InChI=1S/C24H29FN8O5/c25-21-16(14-37-24(35)30-22(26)27)2-1-3-19(21)17-12-28-23(29-13-17)33-6-4-18(5-7-33)31-38-11-9-32-8-10-36-15-20(32)34/h1-3,12-13H,4-11,14-15H2,(H4,26,27,30,35). The number of morpholine rings is 1. The van der Waals surface area contributed by atoms with Crippen LogP contribution in [0.5, 0.6) is 0 Å². The van der Waals surface area contributed by atoms with Gasteiger partial charge in [-0.2, -0.15) is 0 Å². The van der Waals surface area contributed by atoms with Gasteiger partial charge in [-0.25, -0.2) is 19.2 Å². The van der Waals surface area contributed by atoms with Crippen LogP contribution in [-0.2, 0) is 25.7 Å². The molecule has 4 rings (SSSR count). The van der Waals surface area contributed by atoms with Gasteiger partial charge in [0.25, 0.3) is 0 Å². The molecule has 0 aliphatic carbocycles. The van der Waals surface area contributed by atoms with Gasteiger partial charge in [0.05, 0.1) is 18.9 Å². The average Bonchev–Trinajstić information content (AvgIpc) is 2.91. The lowest BCUT2D eigenvalue weighted by Crippen LogP contribution is -2.43. The Bertz CT molecular complexity index is 1190. The Hall–Kier alpha value is -4.33. The number of aliphatic imine (C=N–C) groups is 1. The Morgan fingerprint density at radius 3 is 2.63 bits per heavy atom. The molecule has 3 heterocycles. The summed E-state index contributed by atoms with van der Waals surface area (Å²) in [6, 6.07) is 4.73. The van der Waals surface area contributed by atoms with Crippen molar-refractivity contribution in [3.63, 3.8) is 0 Å². The summed E-state index contributed by atoms with van der Waals surface area (Å²) in [5, 5.41) is 4.22. The van der Waals surface area contributed by atoms with E-state index in [9.17, 15) is 9.59 Å². The Labute approximate surface area is 218 Å². The maximum absolute atomic E-state index is 15.0. The third-order valence-corrected chi connectivity index (χ3v) is 5.95. The molecule has 0 bridgehead atoms. The smallest absolute Gasteiger partial charge is 0.437 e. The number of carbonyl (C=O) groups is 2. The van der Waals surface area contributed by atoms with Crippen molar-refractivity contribution in [2.24, 2.45) is 21.6 Å². The molecule has 2 aromatic rings. The number of nitrogens with zero attached hydrogens (tertiary/aromatic N) is 6. The SMILES string of the molecule is NC(N)=NC(=O)OCc1cccc(-c2cnc(N3CCC(=NOCCN4CCOCC4=O)CC3)nc2)c1F. The predicted molar refractivity (Wildman–Crippen MR) is 136 cm³/mol. The van der Waals surface area contributed by atoms with Gasteiger partial charge < -0.3 is 35.6 Å². The van der Waals surface area contributed by atoms with Crippen LogP contribution >= 0.6 is 0 Å². The van der Waals surface area contributed by atoms with Crippen molar-refractivity contribution in [3.8, 4) is 11.1 Å². The van der Waals surface area contributed by atoms with E-state index < -0.39 is 17.9 Å². The fourth-order valence-electron chi connectivity index (χ4n) is 3.95. The van der Waals surface area contributed by atoms with Crippen molar-refractivity contribution in [2.75, 3.05) is 50.9 Å². The van der Waals surface area contributed by atoms with E-state index in [0.717, 1.165) is 5.71 Å². The minimum atomic E-state index is -1.01. The van der Waals surface area contributed by atoms with E-state index in [1.54, 1.807) is 29.4 Å². The van der Waals surface area contributed by atoms with E-state index in [4.69, 9.17) is 25.8 Å². The van der Waals surface area contributed by atoms with Crippen LogP contribution in [-0.4, -0.2) is 84.5 Å². The first-order valence-corrected chi connectivity index (χ1v) is 12.0. The third kappa shape index (κ3) is 7.12. The average molecular weight is 529 g/mol. The molecule has 0 spiro atoms. The van der Waals surface area contributed by atoms with E-state index in [2.05, 4.69) is 20.1 Å². The molecule has 14 heteroatoms. The number of benzene rings is 1. The number of piperidine rings is 1. The summed E-state index contributed by atoms with van der Waals surface area (Å²) in [5.41, 5.74) is 12.1. The van der Waals surface area contributed by atoms with Crippen LogP contribution in [0.25, 0.3) is 11.1 Å². The molecule has 13 nitrogen and oxygen atoms in total. The van der Waals surface area contributed by atoms with Gasteiger partial charge in [0, 0.05) is 61.6 Å². The Balaban J connectivity index is 1.28. The normalized spacial score (nSPS) is 15.7. The first-order chi connectivity index (χ1) is 18.4. The summed E-state index contributed by atoms with van der Waals surface area (Å²) in [7, 11) is 0. The molecule has 0 saturated carbocycles. The number of halogens is 1. The van der Waals surface area contributed by atoms with Crippen molar-refractivity contribution < 1.29 is 28.3 Å². The number of carbonyl (C=O) groups excluding carboxylic acids is 2. The number of rotatable bonds is 8. The van der Waals surface area contributed by atoms with Crippen molar-refractivity contribution in [1.29, 1.82) is 0 Å². The topological polar surface area (TPSA) is 171 Å². The minimum Gasteiger partial charge on any atom is -0.443 e. The molecule has 2 saturated heterocycles. The maximum atomic E-state index is 15.0. The fourth-order valence-corrected chi connectivity index (χ4v) is 3.95. The molecule has 2 fully saturated rings. The van der Waals surface area contributed by atoms with Gasteiger partial charge in [0.2, 0.25) is 11.9 Å². The summed E-state index contributed by atoms with van der Waals surface area (Å²) in [6.45, 7) is 3.04. The number of nitrogens with two attached hydrogens (primary N) is 2. The monoisotopic (exact) mass is 528 g/mol. The molecular formula is C24H29FN8O5. The molecule has 2 aliphatic rings. The number of amides is 2. The zero-order valence-corrected chi connectivity index (χ0v) is 20.7. The lowest BCUT2D eigenvalue weighted by atomic mass is 10.1. The number of anilines is 1. The van der Waals surface area contributed by atoms with Crippen LogP contribution in [0.3, 0.4) is 0 Å². The highest BCUT2D eigenvalue weighted by Gasteiger charge is 2.20. The number of aromatic nitrogens is 2. The van der Waals surface area contributed by atoms with E-state index >= 15 is 4.39 Å². The molecule has 2 amide bonds. The second kappa shape index (κ2) is 12.8. The number of hydrogen-bond donors (Lipinski definition) is 2. The van der Waals surface area contributed by atoms with E-state index in [-0.39, 0.29) is 30.2 Å². The zero-order chi connectivity index (χ0) is 26.9. The number of guanidine groups is 1. The molecule has 1 aromatic heterocycles. The number of hydrogen-bond acceptors (Lipinski definition) is 9. The van der Waals surface area contributed by atoms with Gasteiger partial charge >= 0.3 is 6.09 Å². The quantitative estimate of drug-likeness (QED) is 0.218. The molecular weight excluding hydrogens is 499 g/mol. The summed E-state index contributed by atoms with van der Waals surface area (Å²) >= 11 is 0. The van der Waals surface area contributed by atoms with Crippen LogP contribution in [0.1, 0.15) is 18.4 Å². The molecule has 0 atom stereocenters. The molecule has 4 N–H and O–H groups in total. The van der Waals surface area contributed by atoms with Gasteiger partial charge in [-0.3, -0.25) is 4.79 Å². The summed E-state index contributed by atoms with van der Waals surface area (Å²) < 4.78 is 25.0. The van der Waals surface area contributed by atoms with Crippen LogP contribution in [0.4, 0.5) is 15.1 Å². The second-order valence-corrected chi connectivity index (χ2v) is 8.55. The van der Waals surface area contributed by atoms with Gasteiger partial charge in [0.15, 0.2) is 5.96 Å². The Morgan fingerprint density at radius 2 is 1.92 bits per heavy atom. The fraction of sp³-hybridized carbons (Fsp3) is 0.417. The van der Waals surface area contributed by atoms with Crippen molar-refractivity contribution in [1.82, 2.24) is 14.9 Å². The van der Waals surface area contributed by atoms with Crippen molar-refractivity contribution in [2.45, 2.75) is 19.4 Å². The van der Waals surface area contributed by atoms with Crippen LogP contribution in [0, 0.1) is 5.82 Å². The van der Waals surface area contributed by atoms with E-state index in [1.807, 2.05) is 4.90 Å². The minimum absolute atomic E-state index is 0.0349. The van der Waals surface area contributed by atoms with Gasteiger partial charge in [-0.15, -0.1) is 4.99 Å². The van der Waals surface area contributed by atoms with Crippen LogP contribution < -0.4 is 16.4 Å². The molecule has 38 heavy (non-hydrogen) atoms. The predicted octanol–water partition coefficient (Wildman–Crippen LogP) is 1.02. The van der Waals surface area contributed by atoms with Gasteiger partial charge in [-0.05, 0) is 0 Å². The Morgan fingerprint density at radius 1 is 1.16 bits per heavy atom.